The molecule has 1 aromatic rings. The lowest BCUT2D eigenvalue weighted by molar-refractivity contribution is -0.0258. The highest BCUT2D eigenvalue weighted by atomic mass is 32.2. The van der Waals surface area contributed by atoms with E-state index in [1.165, 1.54) is 25.6 Å². The molecule has 0 fully saturated rings. The van der Waals surface area contributed by atoms with Gasteiger partial charge in [-0.2, -0.15) is 0 Å². The molecule has 8 heteroatoms. The number of rotatable bonds is 4. The van der Waals surface area contributed by atoms with Crippen LogP contribution in [-0.2, 0) is 14.9 Å². The van der Waals surface area contributed by atoms with Crippen LogP contribution in [0.5, 0.6) is 0 Å². The first-order chi connectivity index (χ1) is 6.91. The summed E-state index contributed by atoms with van der Waals surface area (Å²) in [6.45, 7) is 0. The Kier molecular flexibility index (Phi) is 3.45. The predicted molar refractivity (Wildman–Crippen MR) is 53.2 cm³/mol. The molecule has 84 valence electrons. The number of hydrogen-bond donors (Lipinski definition) is 1. The summed E-state index contributed by atoms with van der Waals surface area (Å²) in [5.74, 6) is -1.27. The fraction of sp³-hybridized carbons (Fsp3) is 0.286. The number of carbonyl (C=O) groups is 1. The van der Waals surface area contributed by atoms with Crippen molar-refractivity contribution >= 4 is 27.3 Å². The van der Waals surface area contributed by atoms with Crippen LogP contribution in [0.4, 0.5) is 0 Å². The Bertz CT molecular complexity index is 463. The molecule has 1 heterocycles. The van der Waals surface area contributed by atoms with Crippen LogP contribution in [0.1, 0.15) is 9.67 Å². The lowest BCUT2D eigenvalue weighted by Gasteiger charge is -2.13. The first-order valence-electron chi connectivity index (χ1n) is 3.75. The highest BCUT2D eigenvalue weighted by molar-refractivity contribution is 7.89. The summed E-state index contributed by atoms with van der Waals surface area (Å²) in [6.07, 6.45) is 0. The molecule has 0 radical (unpaired) electrons. The molecule has 15 heavy (non-hydrogen) atoms. The second-order valence-electron chi connectivity index (χ2n) is 2.52. The molecule has 0 aromatic carbocycles. The van der Waals surface area contributed by atoms with Crippen molar-refractivity contribution in [2.75, 3.05) is 14.2 Å². The van der Waals surface area contributed by atoms with Gasteiger partial charge in [-0.05, 0) is 11.4 Å². The average molecular weight is 251 g/mol. The van der Waals surface area contributed by atoms with Crippen LogP contribution in [-0.4, -0.2) is 38.1 Å². The molecular formula is C7H9NO5S2. The third-order valence-electron chi connectivity index (χ3n) is 1.70. The molecule has 1 N–H and O–H groups in total. The van der Waals surface area contributed by atoms with Gasteiger partial charge in [0.25, 0.3) is 10.0 Å². The lowest BCUT2D eigenvalue weighted by atomic mass is 10.5. The third kappa shape index (κ3) is 2.17. The summed E-state index contributed by atoms with van der Waals surface area (Å²) < 4.78 is 24.0. The average Bonchev–Trinajstić information content (AvgIpc) is 2.65. The topological polar surface area (TPSA) is 83.9 Å². The Labute approximate surface area is 90.7 Å². The van der Waals surface area contributed by atoms with E-state index in [-0.39, 0.29) is 9.77 Å². The Morgan fingerprint density at radius 3 is 2.67 bits per heavy atom. The minimum atomic E-state index is -3.88. The number of nitrogens with zero attached hydrogens (tertiary/aromatic N) is 1. The molecule has 0 bridgehead atoms. The van der Waals surface area contributed by atoms with E-state index in [9.17, 15) is 13.2 Å². The van der Waals surface area contributed by atoms with E-state index in [2.05, 4.69) is 4.84 Å². The van der Waals surface area contributed by atoms with Gasteiger partial charge in [0, 0.05) is 7.05 Å². The van der Waals surface area contributed by atoms with Gasteiger partial charge in [-0.3, -0.25) is 4.84 Å². The van der Waals surface area contributed by atoms with Gasteiger partial charge in [-0.15, -0.1) is 11.3 Å². The van der Waals surface area contributed by atoms with E-state index < -0.39 is 16.0 Å². The Morgan fingerprint density at radius 2 is 2.20 bits per heavy atom. The molecular weight excluding hydrogens is 242 g/mol. The van der Waals surface area contributed by atoms with Gasteiger partial charge in [0.15, 0.2) is 0 Å². The molecule has 0 aliphatic heterocycles. The van der Waals surface area contributed by atoms with E-state index in [1.807, 2.05) is 0 Å². The zero-order valence-electron chi connectivity index (χ0n) is 8.00. The van der Waals surface area contributed by atoms with E-state index in [4.69, 9.17) is 5.11 Å². The van der Waals surface area contributed by atoms with E-state index in [0.717, 1.165) is 11.3 Å². The van der Waals surface area contributed by atoms with Crippen LogP contribution in [0.2, 0.25) is 0 Å². The highest BCUT2D eigenvalue weighted by Crippen LogP contribution is 2.24. The van der Waals surface area contributed by atoms with Crippen LogP contribution >= 0.6 is 11.3 Å². The Hall–Kier alpha value is -0.960. The molecule has 0 spiro atoms. The summed E-state index contributed by atoms with van der Waals surface area (Å²) in [5.41, 5.74) is 0. The van der Waals surface area contributed by atoms with Crippen LogP contribution in [0.25, 0.3) is 0 Å². The molecule has 1 rings (SSSR count). The monoisotopic (exact) mass is 251 g/mol. The number of hydrogen-bond acceptors (Lipinski definition) is 5. The minimum absolute atomic E-state index is 0.223. The smallest absolute Gasteiger partial charge is 0.347 e. The normalized spacial score (nSPS) is 11.9. The first-order valence-corrected chi connectivity index (χ1v) is 6.07. The number of aromatic carboxylic acids is 1. The Balaban J connectivity index is 3.28. The van der Waals surface area contributed by atoms with Gasteiger partial charge in [-0.25, -0.2) is 13.2 Å². The molecule has 0 atom stereocenters. The molecule has 1 aromatic heterocycles. The van der Waals surface area contributed by atoms with E-state index in [1.54, 1.807) is 0 Å². The van der Waals surface area contributed by atoms with Gasteiger partial charge < -0.3 is 5.11 Å². The molecule has 0 aliphatic rings. The second kappa shape index (κ2) is 4.27. The molecule has 0 amide bonds. The summed E-state index contributed by atoms with van der Waals surface area (Å²) in [7, 11) is -1.50. The lowest BCUT2D eigenvalue weighted by Crippen LogP contribution is -2.26. The largest absolute Gasteiger partial charge is 0.477 e. The van der Waals surface area contributed by atoms with E-state index in [0.29, 0.717) is 4.47 Å². The second-order valence-corrected chi connectivity index (χ2v) is 5.34. The summed E-state index contributed by atoms with van der Waals surface area (Å²) >= 11 is 0.851. The van der Waals surface area contributed by atoms with Crippen LogP contribution < -0.4 is 0 Å². The molecule has 0 saturated heterocycles. The molecule has 6 nitrogen and oxygen atoms in total. The van der Waals surface area contributed by atoms with Crippen molar-refractivity contribution in [2.45, 2.75) is 4.90 Å². The zero-order chi connectivity index (χ0) is 11.6. The van der Waals surface area contributed by atoms with Crippen molar-refractivity contribution in [1.82, 2.24) is 4.47 Å². The molecule has 0 aliphatic carbocycles. The van der Waals surface area contributed by atoms with Crippen molar-refractivity contribution in [3.63, 3.8) is 0 Å². The SMILES string of the molecule is CON(C)S(=O)(=O)c1ccsc1C(=O)O. The number of carboxylic acid groups (broad SMARTS) is 1. The minimum Gasteiger partial charge on any atom is -0.477 e. The molecule has 0 saturated carbocycles. The molecule has 0 unspecified atom stereocenters. The first kappa shape index (κ1) is 12.1. The number of carboxylic acids is 1. The van der Waals surface area contributed by atoms with Crippen molar-refractivity contribution < 1.29 is 23.2 Å². The Morgan fingerprint density at radius 1 is 1.60 bits per heavy atom. The fourth-order valence-corrected chi connectivity index (χ4v) is 3.10. The van der Waals surface area contributed by atoms with Gasteiger partial charge in [0.1, 0.15) is 9.77 Å². The van der Waals surface area contributed by atoms with Gasteiger partial charge in [0.2, 0.25) is 0 Å². The third-order valence-corrected chi connectivity index (χ3v) is 4.45. The maximum absolute atomic E-state index is 11.7. The summed E-state index contributed by atoms with van der Waals surface area (Å²) in [5, 5.41) is 10.2. The number of sulfonamides is 1. The maximum atomic E-state index is 11.7. The quantitative estimate of drug-likeness (QED) is 0.793. The van der Waals surface area contributed by atoms with Crippen molar-refractivity contribution in [3.8, 4) is 0 Å². The number of thiophene rings is 1. The van der Waals surface area contributed by atoms with Gasteiger partial charge >= 0.3 is 5.97 Å². The fourth-order valence-electron chi connectivity index (χ4n) is 0.893. The number of hydroxylamine groups is 1. The van der Waals surface area contributed by atoms with Crippen molar-refractivity contribution in [3.05, 3.63) is 16.3 Å². The van der Waals surface area contributed by atoms with Crippen molar-refractivity contribution in [1.29, 1.82) is 0 Å². The standard InChI is InChI=1S/C7H9NO5S2/c1-8(13-2)15(11,12)5-3-4-14-6(5)7(9)10/h3-4H,1-2H3,(H,9,10). The van der Waals surface area contributed by atoms with Gasteiger partial charge in [0.05, 0.1) is 7.11 Å². The van der Waals surface area contributed by atoms with Crippen LogP contribution in [0, 0.1) is 0 Å². The van der Waals surface area contributed by atoms with Crippen molar-refractivity contribution in [2.24, 2.45) is 0 Å². The van der Waals surface area contributed by atoms with E-state index >= 15 is 0 Å². The van der Waals surface area contributed by atoms with Crippen LogP contribution in [0.15, 0.2) is 16.3 Å². The maximum Gasteiger partial charge on any atom is 0.347 e. The summed E-state index contributed by atoms with van der Waals surface area (Å²) in [6, 6.07) is 1.24. The predicted octanol–water partition coefficient (Wildman–Crippen LogP) is 0.628. The zero-order valence-corrected chi connectivity index (χ0v) is 9.63. The van der Waals surface area contributed by atoms with Gasteiger partial charge in [-0.1, -0.05) is 4.47 Å². The summed E-state index contributed by atoms with van der Waals surface area (Å²) in [4.78, 5) is 14.8. The highest BCUT2D eigenvalue weighted by Gasteiger charge is 2.27. The van der Waals surface area contributed by atoms with Crippen LogP contribution in [0.3, 0.4) is 0 Å².